The molecule has 0 atom stereocenters. The summed E-state index contributed by atoms with van der Waals surface area (Å²) in [6.07, 6.45) is 16.7. The van der Waals surface area contributed by atoms with Crippen molar-refractivity contribution in [1.29, 1.82) is 0 Å². The molecule has 3 nitrogen and oxygen atoms in total. The van der Waals surface area contributed by atoms with Gasteiger partial charge >= 0.3 is 0 Å². The molecule has 8 saturated carbocycles. The quantitative estimate of drug-likeness (QED) is 0.442. The van der Waals surface area contributed by atoms with Crippen LogP contribution >= 0.6 is 15.9 Å². The fourth-order valence-corrected chi connectivity index (χ4v) is 10.6. The van der Waals surface area contributed by atoms with Crippen molar-refractivity contribution in [1.82, 2.24) is 15.0 Å². The summed E-state index contributed by atoms with van der Waals surface area (Å²) in [7, 11) is 0. The predicted molar refractivity (Wildman–Crippen MR) is 133 cm³/mol. The molecule has 8 fully saturated rings. The van der Waals surface area contributed by atoms with E-state index in [-0.39, 0.29) is 10.8 Å². The number of benzene rings is 1. The van der Waals surface area contributed by atoms with Gasteiger partial charge in [-0.3, -0.25) is 0 Å². The molecule has 1 aromatic heterocycles. The van der Waals surface area contributed by atoms with Crippen molar-refractivity contribution in [2.75, 3.05) is 0 Å². The second kappa shape index (κ2) is 6.89. The highest BCUT2D eigenvalue weighted by Gasteiger charge is 2.56. The topological polar surface area (TPSA) is 38.7 Å². The highest BCUT2D eigenvalue weighted by atomic mass is 79.9. The number of aromatic nitrogens is 3. The molecule has 172 valence electrons. The molecule has 33 heavy (non-hydrogen) atoms. The maximum atomic E-state index is 5.53. The van der Waals surface area contributed by atoms with Crippen LogP contribution in [-0.2, 0) is 10.8 Å². The monoisotopic (exact) mass is 503 g/mol. The standard InChI is InChI=1S/C29H34BrN3/c30-24-3-1-23(2-4-24)25-31-26(28-11-17-5-18(12-28)7-19(6-17)13-28)33-27(32-25)29-14-20-8-21(15-29)10-22(9-20)16-29/h1-4,17-22H,5-16H2. The highest BCUT2D eigenvalue weighted by molar-refractivity contribution is 9.10. The van der Waals surface area contributed by atoms with Crippen LogP contribution in [0.3, 0.4) is 0 Å². The minimum absolute atomic E-state index is 0.221. The van der Waals surface area contributed by atoms with Crippen LogP contribution in [0.1, 0.15) is 88.7 Å². The highest BCUT2D eigenvalue weighted by Crippen LogP contribution is 2.62. The summed E-state index contributed by atoms with van der Waals surface area (Å²) >= 11 is 3.61. The van der Waals surface area contributed by atoms with E-state index in [1.807, 2.05) is 0 Å². The van der Waals surface area contributed by atoms with E-state index in [2.05, 4.69) is 40.2 Å². The summed E-state index contributed by atoms with van der Waals surface area (Å²) in [6, 6.07) is 8.64. The molecule has 0 amide bonds. The van der Waals surface area contributed by atoms with Gasteiger partial charge in [-0.15, -0.1) is 0 Å². The molecule has 0 aliphatic heterocycles. The molecule has 0 unspecified atom stereocenters. The van der Waals surface area contributed by atoms with Crippen molar-refractivity contribution in [2.24, 2.45) is 35.5 Å². The Morgan fingerprint density at radius 1 is 0.545 bits per heavy atom. The summed E-state index contributed by atoms with van der Waals surface area (Å²) < 4.78 is 1.11. The minimum Gasteiger partial charge on any atom is -0.217 e. The average Bonchev–Trinajstić information content (AvgIpc) is 2.77. The Balaban J connectivity index is 1.28. The van der Waals surface area contributed by atoms with Gasteiger partial charge in [0.1, 0.15) is 11.6 Å². The minimum atomic E-state index is 0.221. The van der Waals surface area contributed by atoms with E-state index in [1.165, 1.54) is 88.7 Å². The Hall–Kier alpha value is -1.29. The van der Waals surface area contributed by atoms with Gasteiger partial charge in [-0.25, -0.2) is 15.0 Å². The summed E-state index contributed by atoms with van der Waals surface area (Å²) in [5.41, 5.74) is 1.59. The van der Waals surface area contributed by atoms with Gasteiger partial charge in [0.2, 0.25) is 0 Å². The first-order chi connectivity index (χ1) is 16.0. The molecule has 1 heterocycles. The van der Waals surface area contributed by atoms with E-state index in [0.29, 0.717) is 0 Å². The first-order valence-electron chi connectivity index (χ1n) is 13.6. The Morgan fingerprint density at radius 3 is 1.27 bits per heavy atom. The third-order valence-corrected chi connectivity index (χ3v) is 11.3. The van der Waals surface area contributed by atoms with E-state index >= 15 is 0 Å². The van der Waals surface area contributed by atoms with E-state index in [0.717, 1.165) is 51.4 Å². The molecule has 0 radical (unpaired) electrons. The van der Waals surface area contributed by atoms with Gasteiger partial charge in [0.15, 0.2) is 5.82 Å². The van der Waals surface area contributed by atoms with E-state index < -0.39 is 0 Å². The predicted octanol–water partition coefficient (Wildman–Crippen LogP) is 7.24. The van der Waals surface area contributed by atoms with Gasteiger partial charge in [-0.2, -0.15) is 0 Å². The smallest absolute Gasteiger partial charge is 0.163 e. The Kier molecular flexibility index (Phi) is 4.17. The van der Waals surface area contributed by atoms with Crippen molar-refractivity contribution < 1.29 is 0 Å². The van der Waals surface area contributed by atoms with Gasteiger partial charge < -0.3 is 0 Å². The zero-order valence-electron chi connectivity index (χ0n) is 19.5. The number of hydrogen-bond donors (Lipinski definition) is 0. The molecular weight excluding hydrogens is 470 g/mol. The summed E-state index contributed by atoms with van der Waals surface area (Å²) in [4.78, 5) is 16.2. The fourth-order valence-electron chi connectivity index (χ4n) is 10.3. The van der Waals surface area contributed by atoms with Crippen LogP contribution in [0.15, 0.2) is 28.7 Å². The average molecular weight is 505 g/mol. The lowest BCUT2D eigenvalue weighted by molar-refractivity contribution is -0.0155. The van der Waals surface area contributed by atoms with Gasteiger partial charge in [-0.1, -0.05) is 28.1 Å². The fraction of sp³-hybridized carbons (Fsp3) is 0.690. The molecule has 4 heteroatoms. The van der Waals surface area contributed by atoms with Crippen LogP contribution < -0.4 is 0 Å². The van der Waals surface area contributed by atoms with Gasteiger partial charge in [0, 0.05) is 20.9 Å². The maximum Gasteiger partial charge on any atom is 0.163 e. The lowest BCUT2D eigenvalue weighted by Gasteiger charge is -2.57. The number of hydrogen-bond acceptors (Lipinski definition) is 3. The molecule has 8 aliphatic rings. The van der Waals surface area contributed by atoms with Crippen LogP contribution in [0.2, 0.25) is 0 Å². The van der Waals surface area contributed by atoms with Crippen LogP contribution in [0.25, 0.3) is 11.4 Å². The second-order valence-corrected chi connectivity index (χ2v) is 14.1. The van der Waals surface area contributed by atoms with Gasteiger partial charge in [0.05, 0.1) is 0 Å². The third-order valence-electron chi connectivity index (χ3n) is 10.8. The van der Waals surface area contributed by atoms with E-state index in [4.69, 9.17) is 15.0 Å². The molecule has 10 rings (SSSR count). The number of halogens is 1. The first kappa shape index (κ1) is 20.0. The molecule has 8 aliphatic carbocycles. The SMILES string of the molecule is Brc1ccc(-c2nc(C34CC5CC(CC(C5)C3)C4)nc(C34CC5CC(CC(C5)C3)C4)n2)cc1. The first-order valence-corrected chi connectivity index (χ1v) is 14.4. The van der Waals surface area contributed by atoms with Crippen LogP contribution in [0.5, 0.6) is 0 Å². The normalized spacial score (nSPS) is 44.5. The third kappa shape index (κ3) is 3.08. The maximum absolute atomic E-state index is 5.53. The van der Waals surface area contributed by atoms with Crippen molar-refractivity contribution in [2.45, 2.75) is 87.9 Å². The van der Waals surface area contributed by atoms with Crippen molar-refractivity contribution >= 4 is 15.9 Å². The van der Waals surface area contributed by atoms with Crippen LogP contribution in [-0.4, -0.2) is 15.0 Å². The number of rotatable bonds is 3. The number of nitrogens with zero attached hydrogens (tertiary/aromatic N) is 3. The van der Waals surface area contributed by atoms with E-state index in [1.54, 1.807) is 0 Å². The van der Waals surface area contributed by atoms with Crippen molar-refractivity contribution in [3.8, 4) is 11.4 Å². The van der Waals surface area contributed by atoms with Gasteiger partial charge in [0.25, 0.3) is 0 Å². The molecule has 0 spiro atoms. The lowest BCUT2D eigenvalue weighted by atomic mass is 9.49. The van der Waals surface area contributed by atoms with Crippen molar-refractivity contribution in [3.63, 3.8) is 0 Å². The molecule has 0 N–H and O–H groups in total. The summed E-state index contributed by atoms with van der Waals surface area (Å²) in [5, 5.41) is 0. The molecule has 2 aromatic rings. The van der Waals surface area contributed by atoms with Gasteiger partial charge in [-0.05, 0) is 125 Å². The van der Waals surface area contributed by atoms with Crippen LogP contribution in [0, 0.1) is 35.5 Å². The Labute approximate surface area is 205 Å². The zero-order chi connectivity index (χ0) is 21.8. The second-order valence-electron chi connectivity index (χ2n) is 13.2. The molecule has 0 saturated heterocycles. The van der Waals surface area contributed by atoms with Crippen LogP contribution in [0.4, 0.5) is 0 Å². The lowest BCUT2D eigenvalue weighted by Crippen LogP contribution is -2.51. The zero-order valence-corrected chi connectivity index (χ0v) is 21.1. The van der Waals surface area contributed by atoms with Crippen molar-refractivity contribution in [3.05, 3.63) is 40.4 Å². The molecule has 1 aromatic carbocycles. The Morgan fingerprint density at radius 2 is 0.909 bits per heavy atom. The molecule has 8 bridgehead atoms. The Bertz CT molecular complexity index is 974. The van der Waals surface area contributed by atoms with E-state index in [9.17, 15) is 0 Å². The largest absolute Gasteiger partial charge is 0.217 e. The molecular formula is C29H34BrN3. The summed E-state index contributed by atoms with van der Waals surface area (Å²) in [5.74, 6) is 8.76. The summed E-state index contributed by atoms with van der Waals surface area (Å²) in [6.45, 7) is 0.